The Morgan fingerprint density at radius 3 is 2.59 bits per heavy atom. The molecule has 3 rings (SSSR count). The molecule has 112 valence electrons. The minimum atomic E-state index is -1.10. The smallest absolute Gasteiger partial charge is 0.354 e. The molecule has 0 aliphatic carbocycles. The van der Waals surface area contributed by atoms with E-state index in [-0.39, 0.29) is 5.69 Å². The summed E-state index contributed by atoms with van der Waals surface area (Å²) in [6.45, 7) is 1.70. The summed E-state index contributed by atoms with van der Waals surface area (Å²) >= 11 is 6.17. The fourth-order valence-electron chi connectivity index (χ4n) is 2.16. The molecule has 1 N–H and O–H groups in total. The lowest BCUT2D eigenvalue weighted by Crippen LogP contribution is -2.08. The zero-order valence-electron chi connectivity index (χ0n) is 11.9. The van der Waals surface area contributed by atoms with Crippen molar-refractivity contribution in [2.75, 3.05) is 7.11 Å². The number of hydrogen-bond donors (Lipinski definition) is 1. The Labute approximate surface area is 130 Å². The molecule has 0 unspecified atom stereocenters. The van der Waals surface area contributed by atoms with Crippen LogP contribution in [0.4, 0.5) is 0 Å². The van der Waals surface area contributed by atoms with Gasteiger partial charge in [0.2, 0.25) is 0 Å². The van der Waals surface area contributed by atoms with Gasteiger partial charge in [-0.1, -0.05) is 11.6 Å². The Hall–Kier alpha value is -2.60. The van der Waals surface area contributed by atoms with Gasteiger partial charge in [-0.2, -0.15) is 5.10 Å². The number of fused-ring (bicyclic) bond motifs is 1. The number of hydrogen-bond acceptors (Lipinski definition) is 4. The first-order valence-corrected chi connectivity index (χ1v) is 6.82. The van der Waals surface area contributed by atoms with Gasteiger partial charge in [0.25, 0.3) is 0 Å². The van der Waals surface area contributed by atoms with Crippen molar-refractivity contribution in [2.45, 2.75) is 6.92 Å². The Kier molecular flexibility index (Phi) is 3.46. The summed E-state index contributed by atoms with van der Waals surface area (Å²) in [6.07, 6.45) is 0. The van der Waals surface area contributed by atoms with E-state index in [1.165, 1.54) is 10.6 Å². The summed E-state index contributed by atoms with van der Waals surface area (Å²) in [5, 5.41) is 13.8. The molecule has 7 heteroatoms. The van der Waals surface area contributed by atoms with E-state index in [1.54, 1.807) is 38.3 Å². The maximum absolute atomic E-state index is 11.5. The lowest BCUT2D eigenvalue weighted by atomic mass is 10.1. The summed E-state index contributed by atoms with van der Waals surface area (Å²) in [5.41, 5.74) is 2.13. The average Bonchev–Trinajstić information content (AvgIpc) is 2.81. The van der Waals surface area contributed by atoms with Crippen LogP contribution in [0.15, 0.2) is 30.3 Å². The molecule has 2 aromatic heterocycles. The predicted molar refractivity (Wildman–Crippen MR) is 81.7 cm³/mol. The summed E-state index contributed by atoms with van der Waals surface area (Å²) in [6, 6.07) is 8.65. The number of aromatic nitrogens is 3. The van der Waals surface area contributed by atoms with Crippen LogP contribution in [0.5, 0.6) is 5.75 Å². The summed E-state index contributed by atoms with van der Waals surface area (Å²) in [7, 11) is 1.58. The minimum absolute atomic E-state index is 0.00539. The second-order valence-electron chi connectivity index (χ2n) is 4.70. The maximum Gasteiger partial charge on any atom is 0.354 e. The van der Waals surface area contributed by atoms with E-state index in [9.17, 15) is 9.90 Å². The van der Waals surface area contributed by atoms with Crippen molar-refractivity contribution in [3.8, 4) is 17.0 Å². The van der Waals surface area contributed by atoms with Crippen LogP contribution in [0.25, 0.3) is 16.9 Å². The molecule has 0 aliphatic heterocycles. The van der Waals surface area contributed by atoms with Gasteiger partial charge in [-0.3, -0.25) is 0 Å². The molecule has 0 radical (unpaired) electrons. The molecule has 3 aromatic rings. The number of halogens is 1. The number of aromatic carboxylic acids is 1. The second kappa shape index (κ2) is 5.31. The molecule has 0 aliphatic rings. The maximum atomic E-state index is 11.5. The van der Waals surface area contributed by atoms with Crippen molar-refractivity contribution in [3.05, 3.63) is 46.7 Å². The molecule has 0 saturated heterocycles. The van der Waals surface area contributed by atoms with Gasteiger partial charge in [0.15, 0.2) is 11.3 Å². The van der Waals surface area contributed by atoms with E-state index < -0.39 is 5.97 Å². The van der Waals surface area contributed by atoms with Crippen LogP contribution in [0.2, 0.25) is 5.02 Å². The summed E-state index contributed by atoms with van der Waals surface area (Å²) in [5.74, 6) is -0.386. The third-order valence-corrected chi connectivity index (χ3v) is 3.74. The van der Waals surface area contributed by atoms with E-state index in [0.717, 1.165) is 5.56 Å². The van der Waals surface area contributed by atoms with Crippen molar-refractivity contribution < 1.29 is 14.6 Å². The molecule has 0 atom stereocenters. The van der Waals surface area contributed by atoms with Gasteiger partial charge in [0.1, 0.15) is 10.8 Å². The molecule has 0 fully saturated rings. The largest absolute Gasteiger partial charge is 0.497 e. The van der Waals surface area contributed by atoms with Crippen LogP contribution in [-0.2, 0) is 0 Å². The van der Waals surface area contributed by atoms with Gasteiger partial charge in [-0.05, 0) is 37.3 Å². The second-order valence-corrected chi connectivity index (χ2v) is 5.07. The normalized spacial score (nSPS) is 10.9. The lowest BCUT2D eigenvalue weighted by molar-refractivity contribution is 0.0687. The number of ether oxygens (including phenoxy) is 1. The molecule has 0 spiro atoms. The van der Waals surface area contributed by atoms with E-state index in [1.807, 2.05) is 0 Å². The number of carbonyl (C=O) groups is 1. The quantitative estimate of drug-likeness (QED) is 0.803. The molecule has 6 nitrogen and oxygen atoms in total. The van der Waals surface area contributed by atoms with Crippen LogP contribution in [0.3, 0.4) is 0 Å². The van der Waals surface area contributed by atoms with Crippen LogP contribution >= 0.6 is 11.6 Å². The number of methoxy groups -OCH3 is 1. The number of benzene rings is 1. The van der Waals surface area contributed by atoms with Crippen LogP contribution in [0.1, 0.15) is 16.2 Å². The fraction of sp³-hybridized carbons (Fsp3) is 0.133. The Balaban J connectivity index is 2.25. The first-order valence-electron chi connectivity index (χ1n) is 6.45. The van der Waals surface area contributed by atoms with E-state index in [4.69, 9.17) is 16.3 Å². The molecule has 0 amide bonds. The molecule has 22 heavy (non-hydrogen) atoms. The number of carboxylic acid groups (broad SMARTS) is 1. The number of rotatable bonds is 3. The van der Waals surface area contributed by atoms with Crippen LogP contribution in [-0.4, -0.2) is 32.8 Å². The molecule has 1 aromatic carbocycles. The summed E-state index contributed by atoms with van der Waals surface area (Å²) < 4.78 is 6.35. The van der Waals surface area contributed by atoms with E-state index in [2.05, 4.69) is 10.1 Å². The first kappa shape index (κ1) is 14.3. The van der Waals surface area contributed by atoms with Gasteiger partial charge >= 0.3 is 5.97 Å². The van der Waals surface area contributed by atoms with Gasteiger partial charge < -0.3 is 9.84 Å². The zero-order valence-corrected chi connectivity index (χ0v) is 12.6. The van der Waals surface area contributed by atoms with Crippen molar-refractivity contribution >= 4 is 23.2 Å². The zero-order chi connectivity index (χ0) is 15.9. The fourth-order valence-corrected chi connectivity index (χ4v) is 2.32. The number of carboxylic acids is 1. The van der Waals surface area contributed by atoms with Gasteiger partial charge in [0, 0.05) is 5.56 Å². The van der Waals surface area contributed by atoms with Gasteiger partial charge in [-0.15, -0.1) is 0 Å². The Morgan fingerprint density at radius 2 is 2.00 bits per heavy atom. The van der Waals surface area contributed by atoms with Crippen LogP contribution in [0, 0.1) is 6.92 Å². The molecule has 0 saturated carbocycles. The van der Waals surface area contributed by atoms with Crippen molar-refractivity contribution in [3.63, 3.8) is 0 Å². The first-order chi connectivity index (χ1) is 10.5. The third kappa shape index (κ3) is 2.27. The molecule has 2 heterocycles. The average molecular weight is 318 g/mol. The van der Waals surface area contributed by atoms with Crippen molar-refractivity contribution in [1.82, 2.24) is 14.6 Å². The highest BCUT2D eigenvalue weighted by molar-refractivity contribution is 6.34. The summed E-state index contributed by atoms with van der Waals surface area (Å²) in [4.78, 5) is 15.9. The standard InChI is InChI=1S/C15H12ClN3O3/c1-8-13(16)14-17-11(7-12(15(20)21)19(14)18-8)9-3-5-10(22-2)6-4-9/h3-7H,1-2H3,(H,20,21). The van der Waals surface area contributed by atoms with Crippen LogP contribution < -0.4 is 4.74 Å². The van der Waals surface area contributed by atoms with Gasteiger partial charge in [0.05, 0.1) is 18.5 Å². The highest BCUT2D eigenvalue weighted by Gasteiger charge is 2.18. The lowest BCUT2D eigenvalue weighted by Gasteiger charge is -2.06. The Morgan fingerprint density at radius 1 is 1.32 bits per heavy atom. The SMILES string of the molecule is COc1ccc(-c2cc(C(=O)O)n3nc(C)c(Cl)c3n2)cc1. The Bertz CT molecular complexity index is 872. The van der Waals surface area contributed by atoms with E-state index in [0.29, 0.717) is 27.8 Å². The highest BCUT2D eigenvalue weighted by atomic mass is 35.5. The van der Waals surface area contributed by atoms with E-state index >= 15 is 0 Å². The third-order valence-electron chi connectivity index (χ3n) is 3.30. The van der Waals surface area contributed by atoms with Crippen molar-refractivity contribution in [2.24, 2.45) is 0 Å². The van der Waals surface area contributed by atoms with Crippen molar-refractivity contribution in [1.29, 1.82) is 0 Å². The number of nitrogens with zero attached hydrogens (tertiary/aromatic N) is 3. The van der Waals surface area contributed by atoms with Gasteiger partial charge in [-0.25, -0.2) is 14.3 Å². The highest BCUT2D eigenvalue weighted by Crippen LogP contribution is 2.26. The molecular weight excluding hydrogens is 306 g/mol. The number of aryl methyl sites for hydroxylation is 1. The predicted octanol–water partition coefficient (Wildman–Crippen LogP) is 3.06. The minimum Gasteiger partial charge on any atom is -0.497 e. The molecule has 0 bridgehead atoms. The topological polar surface area (TPSA) is 76.7 Å². The molecular formula is C15H12ClN3O3. The monoisotopic (exact) mass is 317 g/mol.